The monoisotopic (exact) mass is 465 g/mol. The number of nitro benzene ring substituents is 1. The zero-order valence-corrected chi connectivity index (χ0v) is 17.8. The Morgan fingerprint density at radius 3 is 2.24 bits per heavy atom. The van der Waals surface area contributed by atoms with Gasteiger partial charge in [-0.3, -0.25) is 19.7 Å². The lowest BCUT2D eigenvalue weighted by molar-refractivity contribution is -0.384. The van der Waals surface area contributed by atoms with E-state index >= 15 is 0 Å². The highest BCUT2D eigenvalue weighted by Gasteiger charge is 2.34. The Kier molecular flexibility index (Phi) is 7.19. The van der Waals surface area contributed by atoms with Gasteiger partial charge in [0.25, 0.3) is 11.6 Å². The van der Waals surface area contributed by atoms with Crippen molar-refractivity contribution < 1.29 is 32.4 Å². The number of rotatable bonds is 7. The van der Waals surface area contributed by atoms with Crippen LogP contribution < -0.4 is 9.64 Å². The van der Waals surface area contributed by atoms with E-state index in [4.69, 9.17) is 4.74 Å². The van der Waals surface area contributed by atoms with E-state index in [1.54, 1.807) is 36.1 Å². The molecule has 0 bridgehead atoms. The van der Waals surface area contributed by atoms with E-state index in [-0.39, 0.29) is 50.2 Å². The van der Waals surface area contributed by atoms with Crippen LogP contribution in [0.2, 0.25) is 0 Å². The third-order valence-corrected chi connectivity index (χ3v) is 5.33. The van der Waals surface area contributed by atoms with Crippen molar-refractivity contribution in [3.63, 3.8) is 0 Å². The van der Waals surface area contributed by atoms with Crippen molar-refractivity contribution in [1.29, 1.82) is 0 Å². The predicted molar refractivity (Wildman–Crippen MR) is 113 cm³/mol. The van der Waals surface area contributed by atoms with Crippen molar-refractivity contribution >= 4 is 23.1 Å². The lowest BCUT2D eigenvalue weighted by atomic mass is 10.1. The summed E-state index contributed by atoms with van der Waals surface area (Å²) in [5.74, 6) is 0.157. The maximum absolute atomic E-state index is 12.9. The van der Waals surface area contributed by atoms with Gasteiger partial charge in [0.1, 0.15) is 11.4 Å². The van der Waals surface area contributed by atoms with Gasteiger partial charge in [-0.1, -0.05) is 6.92 Å². The smallest absolute Gasteiger partial charge is 0.416 e. The standard InChI is InChI=1S/C22H22F3N3O5/c1-2-20(29)15-3-6-17(7-4-15)33-14-21(30)27-11-9-26(10-12-27)18-8-5-16(22(23,24)25)13-19(18)28(31)32/h3-8,13H,2,9-12,14H2,1H3. The number of hydrogen-bond acceptors (Lipinski definition) is 6. The Balaban J connectivity index is 1.58. The summed E-state index contributed by atoms with van der Waals surface area (Å²) in [6.07, 6.45) is -4.29. The molecule has 1 saturated heterocycles. The minimum Gasteiger partial charge on any atom is -0.484 e. The third kappa shape index (κ3) is 5.79. The molecule has 1 heterocycles. The van der Waals surface area contributed by atoms with E-state index in [0.29, 0.717) is 23.8 Å². The van der Waals surface area contributed by atoms with Crippen LogP contribution in [0.1, 0.15) is 29.3 Å². The summed E-state index contributed by atoms with van der Waals surface area (Å²) >= 11 is 0. The Morgan fingerprint density at radius 1 is 1.06 bits per heavy atom. The van der Waals surface area contributed by atoms with Gasteiger partial charge in [0.05, 0.1) is 10.5 Å². The quantitative estimate of drug-likeness (QED) is 0.350. The molecule has 0 radical (unpaired) electrons. The first-order valence-electron chi connectivity index (χ1n) is 10.2. The first-order valence-corrected chi connectivity index (χ1v) is 10.2. The normalized spacial score (nSPS) is 14.2. The zero-order chi connectivity index (χ0) is 24.2. The first kappa shape index (κ1) is 24.0. The fourth-order valence-corrected chi connectivity index (χ4v) is 3.49. The summed E-state index contributed by atoms with van der Waals surface area (Å²) in [5.41, 5.74) is -1.07. The van der Waals surface area contributed by atoms with Crippen molar-refractivity contribution in [3.05, 3.63) is 63.7 Å². The number of anilines is 1. The van der Waals surface area contributed by atoms with E-state index < -0.39 is 22.4 Å². The summed E-state index contributed by atoms with van der Waals surface area (Å²) in [4.78, 5) is 37.7. The molecular formula is C22H22F3N3O5. The SMILES string of the molecule is CCC(=O)c1ccc(OCC(=O)N2CCN(c3ccc(C(F)(F)F)cc3[N+](=O)[O-])CC2)cc1. The zero-order valence-electron chi connectivity index (χ0n) is 17.8. The van der Waals surface area contributed by atoms with Gasteiger partial charge < -0.3 is 14.5 Å². The number of carbonyl (C=O) groups is 2. The van der Waals surface area contributed by atoms with E-state index in [0.717, 1.165) is 12.1 Å². The van der Waals surface area contributed by atoms with Crippen LogP contribution in [0.3, 0.4) is 0 Å². The lowest BCUT2D eigenvalue weighted by Gasteiger charge is -2.35. The third-order valence-electron chi connectivity index (χ3n) is 5.33. The second kappa shape index (κ2) is 9.88. The van der Waals surface area contributed by atoms with Crippen molar-refractivity contribution in [1.82, 2.24) is 4.90 Å². The van der Waals surface area contributed by atoms with Crippen LogP contribution in [0.4, 0.5) is 24.5 Å². The Morgan fingerprint density at radius 2 is 1.70 bits per heavy atom. The van der Waals surface area contributed by atoms with Crippen LogP contribution in [0.25, 0.3) is 0 Å². The number of Topliss-reactive ketones (excluding diaryl/α,β-unsaturated/α-hetero) is 1. The van der Waals surface area contributed by atoms with Crippen LogP contribution in [-0.4, -0.2) is 54.3 Å². The molecule has 3 rings (SSSR count). The number of hydrogen-bond donors (Lipinski definition) is 0. The van der Waals surface area contributed by atoms with Gasteiger partial charge >= 0.3 is 6.18 Å². The molecule has 1 amide bonds. The fraction of sp³-hybridized carbons (Fsp3) is 0.364. The summed E-state index contributed by atoms with van der Waals surface area (Å²) in [7, 11) is 0. The van der Waals surface area contributed by atoms with Crippen LogP contribution in [0, 0.1) is 10.1 Å². The number of carbonyl (C=O) groups excluding carboxylic acids is 2. The van der Waals surface area contributed by atoms with E-state index in [1.807, 2.05) is 0 Å². The fourth-order valence-electron chi connectivity index (χ4n) is 3.49. The average Bonchev–Trinajstić information content (AvgIpc) is 2.81. The highest BCUT2D eigenvalue weighted by Crippen LogP contribution is 2.36. The number of halogens is 3. The Bertz CT molecular complexity index is 1030. The Hall–Kier alpha value is -3.63. The molecule has 0 aromatic heterocycles. The largest absolute Gasteiger partial charge is 0.484 e. The van der Waals surface area contributed by atoms with Gasteiger partial charge in [-0.2, -0.15) is 13.2 Å². The molecule has 0 saturated carbocycles. The molecule has 8 nitrogen and oxygen atoms in total. The highest BCUT2D eigenvalue weighted by atomic mass is 19.4. The minimum atomic E-state index is -4.68. The van der Waals surface area contributed by atoms with Gasteiger partial charge in [-0.25, -0.2) is 0 Å². The molecule has 0 spiro atoms. The van der Waals surface area contributed by atoms with Crippen LogP contribution >= 0.6 is 0 Å². The van der Waals surface area contributed by atoms with E-state index in [1.165, 1.54) is 4.90 Å². The molecule has 33 heavy (non-hydrogen) atoms. The Labute approximate surface area is 187 Å². The molecule has 2 aromatic rings. The summed E-state index contributed by atoms with van der Waals surface area (Å²) < 4.78 is 44.2. The van der Waals surface area contributed by atoms with Gasteiger partial charge in [0.15, 0.2) is 12.4 Å². The molecule has 176 valence electrons. The van der Waals surface area contributed by atoms with Crippen molar-refractivity contribution in [2.45, 2.75) is 19.5 Å². The van der Waals surface area contributed by atoms with Crippen LogP contribution in [0.5, 0.6) is 5.75 Å². The average molecular weight is 465 g/mol. The summed E-state index contributed by atoms with van der Waals surface area (Å²) in [6, 6.07) is 8.90. The molecule has 1 fully saturated rings. The molecule has 0 N–H and O–H groups in total. The first-order chi connectivity index (χ1) is 15.6. The number of nitrogens with zero attached hydrogens (tertiary/aromatic N) is 3. The molecule has 0 unspecified atom stereocenters. The van der Waals surface area contributed by atoms with Crippen molar-refractivity contribution in [2.75, 3.05) is 37.7 Å². The molecule has 1 aliphatic rings. The van der Waals surface area contributed by atoms with Gasteiger partial charge in [-0.15, -0.1) is 0 Å². The lowest BCUT2D eigenvalue weighted by Crippen LogP contribution is -2.50. The summed E-state index contributed by atoms with van der Waals surface area (Å²) in [6.45, 7) is 2.48. The second-order valence-electron chi connectivity index (χ2n) is 7.42. The second-order valence-corrected chi connectivity index (χ2v) is 7.42. The molecule has 11 heteroatoms. The number of ketones is 1. The number of nitro groups is 1. The maximum atomic E-state index is 12.9. The summed E-state index contributed by atoms with van der Waals surface area (Å²) in [5, 5.41) is 11.3. The molecule has 2 aromatic carbocycles. The van der Waals surface area contributed by atoms with E-state index in [9.17, 15) is 32.9 Å². The topological polar surface area (TPSA) is 93.0 Å². The molecule has 0 atom stereocenters. The number of ether oxygens (including phenoxy) is 1. The van der Waals surface area contributed by atoms with Crippen molar-refractivity contribution in [2.24, 2.45) is 0 Å². The molecular weight excluding hydrogens is 443 g/mol. The number of benzene rings is 2. The van der Waals surface area contributed by atoms with E-state index in [2.05, 4.69) is 0 Å². The highest BCUT2D eigenvalue weighted by molar-refractivity contribution is 5.95. The number of amides is 1. The van der Waals surface area contributed by atoms with Gasteiger partial charge in [0, 0.05) is 44.2 Å². The maximum Gasteiger partial charge on any atom is 0.416 e. The predicted octanol–water partition coefficient (Wildman–Crippen LogP) is 3.93. The number of piperazine rings is 1. The van der Waals surface area contributed by atoms with Gasteiger partial charge in [-0.05, 0) is 36.4 Å². The van der Waals surface area contributed by atoms with Gasteiger partial charge in [0.2, 0.25) is 0 Å². The number of alkyl halides is 3. The van der Waals surface area contributed by atoms with Crippen molar-refractivity contribution in [3.8, 4) is 5.75 Å². The molecule has 1 aliphatic heterocycles. The minimum absolute atomic E-state index is 0.00350. The van der Waals surface area contributed by atoms with Crippen LogP contribution in [-0.2, 0) is 11.0 Å². The molecule has 0 aliphatic carbocycles. The van der Waals surface area contributed by atoms with Crippen LogP contribution in [0.15, 0.2) is 42.5 Å².